The second-order valence-electron chi connectivity index (χ2n) is 7.87. The van der Waals surface area contributed by atoms with E-state index in [1.165, 1.54) is 0 Å². The molecule has 0 bridgehead atoms. The van der Waals surface area contributed by atoms with Crippen LogP contribution in [0.1, 0.15) is 6.42 Å². The van der Waals surface area contributed by atoms with Gasteiger partial charge < -0.3 is 24.9 Å². The van der Waals surface area contributed by atoms with Crippen LogP contribution in [0.2, 0.25) is 0 Å². The van der Waals surface area contributed by atoms with Crippen molar-refractivity contribution in [2.75, 3.05) is 52.3 Å². The molecule has 8 heteroatoms. The van der Waals surface area contributed by atoms with E-state index in [0.717, 1.165) is 72.3 Å². The molecule has 5 rings (SSSR count). The first kappa shape index (κ1) is 20.5. The largest absolute Gasteiger partial charge is 0.493 e. The summed E-state index contributed by atoms with van der Waals surface area (Å²) < 4.78 is 17.1. The van der Waals surface area contributed by atoms with E-state index in [4.69, 9.17) is 19.9 Å². The average Bonchev–Trinajstić information content (AvgIpc) is 3.27. The Kier molecular flexibility index (Phi) is 5.79. The van der Waals surface area contributed by atoms with E-state index in [1.54, 1.807) is 13.4 Å². The summed E-state index contributed by atoms with van der Waals surface area (Å²) in [6.07, 6.45) is 4.45. The van der Waals surface area contributed by atoms with Gasteiger partial charge in [-0.25, -0.2) is 9.97 Å². The van der Waals surface area contributed by atoms with E-state index < -0.39 is 0 Å². The quantitative estimate of drug-likeness (QED) is 0.340. The number of nitrogens with zero attached hydrogens (tertiary/aromatic N) is 3. The maximum Gasteiger partial charge on any atom is 0.163 e. The predicted molar refractivity (Wildman–Crippen MR) is 125 cm³/mol. The van der Waals surface area contributed by atoms with Gasteiger partial charge in [0.15, 0.2) is 11.5 Å². The number of ether oxygens (including phenoxy) is 3. The molecule has 0 radical (unpaired) electrons. The van der Waals surface area contributed by atoms with Crippen LogP contribution in [0.25, 0.3) is 33.1 Å². The Morgan fingerprint density at radius 2 is 2.00 bits per heavy atom. The van der Waals surface area contributed by atoms with E-state index in [0.29, 0.717) is 23.8 Å². The number of morpholine rings is 1. The Bertz CT molecular complexity index is 1230. The summed E-state index contributed by atoms with van der Waals surface area (Å²) in [5.74, 6) is 1.36. The Morgan fingerprint density at radius 3 is 2.84 bits per heavy atom. The number of para-hydroxylation sites is 1. The van der Waals surface area contributed by atoms with Crippen molar-refractivity contribution in [1.29, 1.82) is 0 Å². The molecule has 166 valence electrons. The highest BCUT2D eigenvalue weighted by atomic mass is 16.5. The van der Waals surface area contributed by atoms with Crippen LogP contribution >= 0.6 is 0 Å². The first-order valence-corrected chi connectivity index (χ1v) is 10.9. The van der Waals surface area contributed by atoms with Crippen molar-refractivity contribution < 1.29 is 14.2 Å². The molecule has 8 nitrogen and oxygen atoms in total. The van der Waals surface area contributed by atoms with Gasteiger partial charge >= 0.3 is 0 Å². The fourth-order valence-electron chi connectivity index (χ4n) is 4.22. The Morgan fingerprint density at radius 1 is 1.12 bits per heavy atom. The molecule has 32 heavy (non-hydrogen) atoms. The molecule has 4 aromatic rings. The fourth-order valence-corrected chi connectivity index (χ4v) is 4.22. The van der Waals surface area contributed by atoms with Crippen molar-refractivity contribution in [1.82, 2.24) is 19.9 Å². The van der Waals surface area contributed by atoms with Crippen molar-refractivity contribution in [2.45, 2.75) is 6.42 Å². The average molecular weight is 434 g/mol. The molecule has 2 aromatic carbocycles. The van der Waals surface area contributed by atoms with Gasteiger partial charge in [-0.1, -0.05) is 12.1 Å². The van der Waals surface area contributed by atoms with Crippen LogP contribution in [0, 0.1) is 0 Å². The number of benzene rings is 2. The molecule has 0 saturated carbocycles. The molecule has 0 spiro atoms. The fraction of sp³-hybridized carbons (Fsp3) is 0.333. The summed E-state index contributed by atoms with van der Waals surface area (Å²) in [5.41, 5.74) is 10.3. The summed E-state index contributed by atoms with van der Waals surface area (Å²) >= 11 is 0. The minimum Gasteiger partial charge on any atom is -0.493 e. The SMILES string of the molecule is COc1cc2c(-c3c[nH]c4c(N)cccc34)ncnc2cc1OCCCN1CCOCC1. The molecule has 1 aliphatic rings. The summed E-state index contributed by atoms with van der Waals surface area (Å²) in [5, 5.41) is 1.92. The molecule has 0 amide bonds. The van der Waals surface area contributed by atoms with Gasteiger partial charge in [0.25, 0.3) is 0 Å². The van der Waals surface area contributed by atoms with Crippen LogP contribution in [0.3, 0.4) is 0 Å². The van der Waals surface area contributed by atoms with E-state index in [9.17, 15) is 0 Å². The highest BCUT2D eigenvalue weighted by Crippen LogP contribution is 2.38. The number of hydrogen-bond acceptors (Lipinski definition) is 7. The lowest BCUT2D eigenvalue weighted by Gasteiger charge is -2.26. The van der Waals surface area contributed by atoms with Crippen molar-refractivity contribution >= 4 is 27.5 Å². The van der Waals surface area contributed by atoms with E-state index in [1.807, 2.05) is 36.5 Å². The number of anilines is 1. The number of nitrogens with one attached hydrogen (secondary N) is 1. The zero-order valence-corrected chi connectivity index (χ0v) is 18.1. The smallest absolute Gasteiger partial charge is 0.163 e. The lowest BCUT2D eigenvalue weighted by atomic mass is 10.0. The first-order chi connectivity index (χ1) is 15.7. The van der Waals surface area contributed by atoms with E-state index in [2.05, 4.69) is 19.9 Å². The Hall–Kier alpha value is -3.36. The van der Waals surface area contributed by atoms with Crippen LogP contribution < -0.4 is 15.2 Å². The lowest BCUT2D eigenvalue weighted by Crippen LogP contribution is -2.37. The number of nitrogens with two attached hydrogens (primary N) is 1. The van der Waals surface area contributed by atoms with Crippen LogP contribution in [0.15, 0.2) is 42.9 Å². The maximum atomic E-state index is 6.12. The third kappa shape index (κ3) is 3.94. The minimum atomic E-state index is 0.610. The van der Waals surface area contributed by atoms with Gasteiger partial charge in [-0.3, -0.25) is 4.90 Å². The number of rotatable bonds is 7. The van der Waals surface area contributed by atoms with Crippen LogP contribution in [-0.2, 0) is 4.74 Å². The number of aromatic amines is 1. The molecule has 0 aliphatic carbocycles. The first-order valence-electron chi connectivity index (χ1n) is 10.9. The topological polar surface area (TPSA) is 98.5 Å². The van der Waals surface area contributed by atoms with Crippen LogP contribution in [0.5, 0.6) is 11.5 Å². The number of H-pyrrole nitrogens is 1. The summed E-state index contributed by atoms with van der Waals surface area (Å²) in [7, 11) is 1.65. The van der Waals surface area contributed by atoms with Crippen LogP contribution in [-0.4, -0.2) is 66.4 Å². The summed E-state index contributed by atoms with van der Waals surface area (Å²) in [4.78, 5) is 14.7. The normalized spacial score (nSPS) is 14.8. The van der Waals surface area contributed by atoms with Gasteiger partial charge in [0.05, 0.1) is 49.3 Å². The summed E-state index contributed by atoms with van der Waals surface area (Å²) in [6, 6.07) is 9.74. The molecule has 1 aliphatic heterocycles. The number of aromatic nitrogens is 3. The standard InChI is InChI=1S/C24H27N5O3/c1-30-21-12-17-20(13-22(21)32-9-3-6-29-7-10-31-11-8-29)27-15-28-23(17)18-14-26-24-16(18)4-2-5-19(24)25/h2,4-5,12-15,26H,3,6-11,25H2,1H3. The number of methoxy groups -OCH3 is 1. The van der Waals surface area contributed by atoms with E-state index in [-0.39, 0.29) is 0 Å². The molecule has 0 unspecified atom stereocenters. The third-order valence-corrected chi connectivity index (χ3v) is 5.90. The maximum absolute atomic E-state index is 6.12. The zero-order chi connectivity index (χ0) is 21.9. The molecule has 1 fully saturated rings. The number of hydrogen-bond donors (Lipinski definition) is 2. The molecule has 2 aromatic heterocycles. The van der Waals surface area contributed by atoms with E-state index >= 15 is 0 Å². The highest BCUT2D eigenvalue weighted by molar-refractivity contribution is 6.05. The van der Waals surface area contributed by atoms with Gasteiger partial charge in [-0.15, -0.1) is 0 Å². The van der Waals surface area contributed by atoms with Crippen molar-refractivity contribution in [3.8, 4) is 22.8 Å². The molecule has 0 atom stereocenters. The van der Waals surface area contributed by atoms with Crippen LogP contribution in [0.4, 0.5) is 5.69 Å². The summed E-state index contributed by atoms with van der Waals surface area (Å²) in [6.45, 7) is 5.19. The molecular weight excluding hydrogens is 406 g/mol. The van der Waals surface area contributed by atoms with Gasteiger partial charge in [-0.05, 0) is 18.6 Å². The van der Waals surface area contributed by atoms with Gasteiger partial charge in [-0.2, -0.15) is 0 Å². The van der Waals surface area contributed by atoms with Crippen molar-refractivity contribution in [2.24, 2.45) is 0 Å². The molecule has 3 heterocycles. The van der Waals surface area contributed by atoms with Crippen molar-refractivity contribution in [3.05, 3.63) is 42.9 Å². The second kappa shape index (κ2) is 9.02. The third-order valence-electron chi connectivity index (χ3n) is 5.90. The van der Waals surface area contributed by atoms with Gasteiger partial charge in [0.2, 0.25) is 0 Å². The van der Waals surface area contributed by atoms with Gasteiger partial charge in [0, 0.05) is 48.2 Å². The molecule has 1 saturated heterocycles. The van der Waals surface area contributed by atoms with Crippen molar-refractivity contribution in [3.63, 3.8) is 0 Å². The number of nitrogen functional groups attached to an aromatic ring is 1. The zero-order valence-electron chi connectivity index (χ0n) is 18.1. The Labute approximate surface area is 186 Å². The number of fused-ring (bicyclic) bond motifs is 2. The molecule has 3 N–H and O–H groups in total. The second-order valence-corrected chi connectivity index (χ2v) is 7.87. The monoisotopic (exact) mass is 433 g/mol. The minimum absolute atomic E-state index is 0.610. The highest BCUT2D eigenvalue weighted by Gasteiger charge is 2.16. The lowest BCUT2D eigenvalue weighted by molar-refractivity contribution is 0.0357. The van der Waals surface area contributed by atoms with Gasteiger partial charge in [0.1, 0.15) is 6.33 Å². The Balaban J connectivity index is 1.41. The predicted octanol–water partition coefficient (Wildman–Crippen LogP) is 3.47. The molecular formula is C24H27N5O3.